The monoisotopic (exact) mass is 695 g/mol. The van der Waals surface area contributed by atoms with Gasteiger partial charge in [0.2, 0.25) is 17.7 Å². The standard InChI is InChI=1S/C41H53N5O5/c1-6-33(42-40(50)51-41(2,3)4)37(47)44-36-31(27-45(5)26-28-16-10-7-11-17-28)22-23-32-24-25-34(46(32)39(36)49)38(48)43-35(29-18-12-8-13-19-29)30-20-14-9-15-21-30/h7-21,31-36H,6,22-27H2,1-5H3,(H,42,50)(H,43,48)(H,44,47)/t31-,32+,33+,34+,36+/m1/s1. The minimum absolute atomic E-state index is 0.120. The average Bonchev–Trinajstić information content (AvgIpc) is 3.49. The molecule has 2 heterocycles. The van der Waals surface area contributed by atoms with Crippen LogP contribution < -0.4 is 16.0 Å². The van der Waals surface area contributed by atoms with Gasteiger partial charge in [-0.2, -0.15) is 0 Å². The van der Waals surface area contributed by atoms with E-state index in [1.165, 1.54) is 0 Å². The predicted octanol–water partition coefficient (Wildman–Crippen LogP) is 5.58. The van der Waals surface area contributed by atoms with E-state index in [0.717, 1.165) is 23.1 Å². The molecule has 10 nitrogen and oxygen atoms in total. The fourth-order valence-electron chi connectivity index (χ4n) is 7.37. The van der Waals surface area contributed by atoms with Gasteiger partial charge in [0, 0.05) is 25.0 Å². The van der Waals surface area contributed by atoms with E-state index in [0.29, 0.717) is 38.8 Å². The molecule has 51 heavy (non-hydrogen) atoms. The van der Waals surface area contributed by atoms with Gasteiger partial charge in [-0.1, -0.05) is 97.9 Å². The van der Waals surface area contributed by atoms with Crippen molar-refractivity contribution < 1.29 is 23.9 Å². The first-order valence-electron chi connectivity index (χ1n) is 18.2. The van der Waals surface area contributed by atoms with Crippen molar-refractivity contribution in [2.24, 2.45) is 5.92 Å². The van der Waals surface area contributed by atoms with Crippen molar-refractivity contribution in [3.8, 4) is 0 Å². The van der Waals surface area contributed by atoms with E-state index in [2.05, 4.69) is 33.0 Å². The van der Waals surface area contributed by atoms with Crippen molar-refractivity contribution in [3.63, 3.8) is 0 Å². The first-order valence-corrected chi connectivity index (χ1v) is 18.2. The first-order chi connectivity index (χ1) is 24.4. The molecule has 0 bridgehead atoms. The number of ether oxygens (including phenoxy) is 1. The lowest BCUT2D eigenvalue weighted by Crippen LogP contribution is -2.59. The topological polar surface area (TPSA) is 120 Å². The van der Waals surface area contributed by atoms with Crippen molar-refractivity contribution in [2.75, 3.05) is 13.6 Å². The second-order valence-corrected chi connectivity index (χ2v) is 14.9. The molecule has 3 aromatic rings. The van der Waals surface area contributed by atoms with Crippen LogP contribution in [0, 0.1) is 5.92 Å². The maximum Gasteiger partial charge on any atom is 0.408 e. The van der Waals surface area contributed by atoms with E-state index >= 15 is 0 Å². The molecule has 0 spiro atoms. The van der Waals surface area contributed by atoms with Crippen molar-refractivity contribution in [1.82, 2.24) is 25.8 Å². The van der Waals surface area contributed by atoms with Gasteiger partial charge < -0.3 is 30.5 Å². The predicted molar refractivity (Wildman–Crippen MR) is 197 cm³/mol. The molecule has 2 saturated heterocycles. The number of fused-ring (bicyclic) bond motifs is 1. The van der Waals surface area contributed by atoms with Gasteiger partial charge in [0.25, 0.3) is 0 Å². The van der Waals surface area contributed by atoms with Gasteiger partial charge in [0.05, 0.1) is 6.04 Å². The second-order valence-electron chi connectivity index (χ2n) is 14.9. The smallest absolute Gasteiger partial charge is 0.408 e. The van der Waals surface area contributed by atoms with Gasteiger partial charge in [-0.05, 0) is 76.6 Å². The Balaban J connectivity index is 1.39. The maximum absolute atomic E-state index is 14.8. The SMILES string of the molecule is CC[C@H](NC(=O)OC(C)(C)C)C(=O)N[C@@H]1C(=O)N2[C@@H](CC[C@@H]1CN(C)Cc1ccccc1)CC[C@H]2C(=O)NC(c1ccccc1)c1ccccc1. The van der Waals surface area contributed by atoms with E-state index < -0.39 is 35.7 Å². The Morgan fingerprint density at radius 1 is 0.843 bits per heavy atom. The Hall–Kier alpha value is -4.70. The molecule has 5 rings (SSSR count). The normalized spacial score (nSPS) is 21.1. The molecular formula is C41H53N5O5. The van der Waals surface area contributed by atoms with Crippen LogP contribution in [0.3, 0.4) is 0 Å². The van der Waals surface area contributed by atoms with Crippen molar-refractivity contribution in [1.29, 1.82) is 0 Å². The molecule has 3 aromatic carbocycles. The van der Waals surface area contributed by atoms with E-state index in [9.17, 15) is 19.2 Å². The number of carbonyl (C=O) groups is 4. The molecule has 0 unspecified atom stereocenters. The Labute approximate surface area is 302 Å². The number of alkyl carbamates (subject to hydrolysis) is 1. The summed E-state index contributed by atoms with van der Waals surface area (Å²) in [5.41, 5.74) is 2.31. The van der Waals surface area contributed by atoms with Gasteiger partial charge in [-0.25, -0.2) is 4.79 Å². The van der Waals surface area contributed by atoms with E-state index in [1.54, 1.807) is 32.6 Å². The Kier molecular flexibility index (Phi) is 12.5. The van der Waals surface area contributed by atoms with Crippen LogP contribution in [0.25, 0.3) is 0 Å². The number of amides is 4. The zero-order chi connectivity index (χ0) is 36.5. The van der Waals surface area contributed by atoms with Crippen LogP contribution in [0.1, 0.15) is 82.5 Å². The van der Waals surface area contributed by atoms with Crippen LogP contribution in [0.2, 0.25) is 0 Å². The minimum Gasteiger partial charge on any atom is -0.444 e. The highest BCUT2D eigenvalue weighted by Crippen LogP contribution is 2.35. The number of hydrogen-bond acceptors (Lipinski definition) is 6. The molecule has 2 aliphatic rings. The molecule has 272 valence electrons. The summed E-state index contributed by atoms with van der Waals surface area (Å²) in [5, 5.41) is 9.01. The third kappa shape index (κ3) is 9.97. The van der Waals surface area contributed by atoms with E-state index in [1.807, 2.05) is 85.9 Å². The summed E-state index contributed by atoms with van der Waals surface area (Å²) in [6, 6.07) is 26.8. The van der Waals surface area contributed by atoms with E-state index in [4.69, 9.17) is 4.74 Å². The van der Waals surface area contributed by atoms with Crippen LogP contribution in [0.15, 0.2) is 91.0 Å². The second kappa shape index (κ2) is 17.0. The molecule has 2 fully saturated rings. The largest absolute Gasteiger partial charge is 0.444 e. The number of nitrogens with zero attached hydrogens (tertiary/aromatic N) is 2. The quantitative estimate of drug-likeness (QED) is 0.228. The lowest BCUT2D eigenvalue weighted by molar-refractivity contribution is -0.144. The molecule has 2 aliphatic heterocycles. The highest BCUT2D eigenvalue weighted by molar-refractivity contribution is 5.95. The summed E-state index contributed by atoms with van der Waals surface area (Å²) >= 11 is 0. The summed E-state index contributed by atoms with van der Waals surface area (Å²) < 4.78 is 5.42. The summed E-state index contributed by atoms with van der Waals surface area (Å²) in [7, 11) is 2.02. The fraction of sp³-hybridized carbons (Fsp3) is 0.463. The molecule has 0 aromatic heterocycles. The zero-order valence-corrected chi connectivity index (χ0v) is 30.5. The van der Waals surface area contributed by atoms with E-state index in [-0.39, 0.29) is 29.8 Å². The third-order valence-electron chi connectivity index (χ3n) is 9.78. The fourth-order valence-corrected chi connectivity index (χ4v) is 7.37. The van der Waals surface area contributed by atoms with Crippen LogP contribution in [0.5, 0.6) is 0 Å². The summed E-state index contributed by atoms with van der Waals surface area (Å²) in [4.78, 5) is 59.4. The number of nitrogens with one attached hydrogen (secondary N) is 3. The lowest BCUT2D eigenvalue weighted by Gasteiger charge is -2.34. The Morgan fingerprint density at radius 3 is 1.98 bits per heavy atom. The highest BCUT2D eigenvalue weighted by atomic mass is 16.6. The van der Waals surface area contributed by atoms with Crippen molar-refractivity contribution in [3.05, 3.63) is 108 Å². The zero-order valence-electron chi connectivity index (χ0n) is 30.5. The number of benzene rings is 3. The number of hydrogen-bond donors (Lipinski definition) is 3. The molecule has 10 heteroatoms. The number of carbonyl (C=O) groups excluding carboxylic acids is 4. The van der Waals surface area contributed by atoms with Crippen LogP contribution in [-0.4, -0.2) is 77.0 Å². The van der Waals surface area contributed by atoms with Gasteiger partial charge in [-0.15, -0.1) is 0 Å². The molecule has 4 amide bonds. The van der Waals surface area contributed by atoms with Crippen LogP contribution in [-0.2, 0) is 25.7 Å². The Bertz CT molecular complexity index is 1570. The molecular weight excluding hydrogens is 642 g/mol. The molecule has 5 atom stereocenters. The van der Waals surface area contributed by atoms with Crippen LogP contribution >= 0.6 is 0 Å². The first kappa shape index (κ1) is 37.6. The summed E-state index contributed by atoms with van der Waals surface area (Å²) in [5.74, 6) is -1.15. The lowest BCUT2D eigenvalue weighted by atomic mass is 9.92. The average molecular weight is 696 g/mol. The molecule has 0 radical (unpaired) electrons. The molecule has 0 saturated carbocycles. The molecule has 3 N–H and O–H groups in total. The van der Waals surface area contributed by atoms with Gasteiger partial charge in [0.15, 0.2) is 0 Å². The van der Waals surface area contributed by atoms with Crippen molar-refractivity contribution in [2.45, 2.75) is 102 Å². The number of rotatable bonds is 12. The van der Waals surface area contributed by atoms with Crippen molar-refractivity contribution >= 4 is 23.8 Å². The summed E-state index contributed by atoms with van der Waals surface area (Å²) in [6.45, 7) is 8.32. The van der Waals surface area contributed by atoms with Gasteiger partial charge in [-0.3, -0.25) is 14.4 Å². The highest BCUT2D eigenvalue weighted by Gasteiger charge is 2.48. The summed E-state index contributed by atoms with van der Waals surface area (Å²) in [6.07, 6.45) is 2.27. The molecule has 0 aliphatic carbocycles. The third-order valence-corrected chi connectivity index (χ3v) is 9.78. The van der Waals surface area contributed by atoms with Gasteiger partial charge in [0.1, 0.15) is 23.7 Å². The minimum atomic E-state index is -0.899. The van der Waals surface area contributed by atoms with Gasteiger partial charge >= 0.3 is 6.09 Å². The maximum atomic E-state index is 14.8. The Morgan fingerprint density at radius 2 is 1.41 bits per heavy atom. The van der Waals surface area contributed by atoms with Crippen LogP contribution in [0.4, 0.5) is 4.79 Å².